The van der Waals surface area contributed by atoms with E-state index < -0.39 is 17.8 Å². The Balaban J connectivity index is 2.08. The lowest BCUT2D eigenvalue weighted by Crippen LogP contribution is -2.31. The van der Waals surface area contributed by atoms with Crippen molar-refractivity contribution in [2.75, 3.05) is 5.32 Å². The van der Waals surface area contributed by atoms with Crippen LogP contribution in [0.5, 0.6) is 0 Å². The minimum atomic E-state index is -4.51. The number of aryl methyl sites for hydroxylation is 1. The van der Waals surface area contributed by atoms with Crippen LogP contribution in [0.2, 0.25) is 5.02 Å². The molecule has 0 spiro atoms. The van der Waals surface area contributed by atoms with Crippen LogP contribution in [0.1, 0.15) is 29.7 Å². The van der Waals surface area contributed by atoms with Crippen molar-refractivity contribution in [1.29, 1.82) is 0 Å². The van der Waals surface area contributed by atoms with Crippen molar-refractivity contribution in [1.82, 2.24) is 5.32 Å². The molecule has 0 saturated carbocycles. The largest absolute Gasteiger partial charge is 0.416 e. The van der Waals surface area contributed by atoms with Gasteiger partial charge in [-0.05, 0) is 37.6 Å². The van der Waals surface area contributed by atoms with E-state index in [4.69, 9.17) is 11.6 Å². The predicted octanol–water partition coefficient (Wildman–Crippen LogP) is 5.55. The molecule has 0 aliphatic rings. The first-order valence-corrected chi connectivity index (χ1v) is 7.55. The highest BCUT2D eigenvalue weighted by atomic mass is 35.5. The van der Waals surface area contributed by atoms with Gasteiger partial charge in [-0.2, -0.15) is 13.2 Å². The van der Waals surface area contributed by atoms with Crippen LogP contribution in [-0.4, -0.2) is 6.03 Å². The Morgan fingerprint density at radius 3 is 2.33 bits per heavy atom. The number of hydrogen-bond donors (Lipinski definition) is 2. The highest BCUT2D eigenvalue weighted by molar-refractivity contribution is 6.33. The maximum atomic E-state index is 12.7. The molecule has 2 rings (SSSR count). The minimum Gasteiger partial charge on any atom is -0.331 e. The number of carbonyl (C=O) groups is 1. The lowest BCUT2D eigenvalue weighted by Gasteiger charge is -2.16. The number of rotatable bonds is 3. The number of carbonyl (C=O) groups excluding carboxylic acids is 1. The van der Waals surface area contributed by atoms with Crippen LogP contribution in [-0.2, 0) is 6.18 Å². The van der Waals surface area contributed by atoms with Crippen molar-refractivity contribution in [3.63, 3.8) is 0 Å². The first kappa shape index (κ1) is 18.1. The molecule has 0 aromatic heterocycles. The molecule has 1 atom stereocenters. The first-order chi connectivity index (χ1) is 11.2. The van der Waals surface area contributed by atoms with Crippen LogP contribution >= 0.6 is 11.6 Å². The summed E-state index contributed by atoms with van der Waals surface area (Å²) >= 11 is 5.85. The maximum absolute atomic E-state index is 12.7. The number of halogens is 4. The van der Waals surface area contributed by atoms with Gasteiger partial charge in [0, 0.05) is 0 Å². The fourth-order valence-corrected chi connectivity index (χ4v) is 2.26. The van der Waals surface area contributed by atoms with Crippen LogP contribution in [0.3, 0.4) is 0 Å². The van der Waals surface area contributed by atoms with E-state index in [1.54, 1.807) is 6.92 Å². The maximum Gasteiger partial charge on any atom is 0.416 e. The molecule has 2 N–H and O–H groups in total. The summed E-state index contributed by atoms with van der Waals surface area (Å²) in [5.74, 6) is 0. The molecule has 0 aliphatic carbocycles. The number of nitrogens with one attached hydrogen (secondary N) is 2. The fourth-order valence-electron chi connectivity index (χ4n) is 2.09. The van der Waals surface area contributed by atoms with Crippen molar-refractivity contribution >= 4 is 23.3 Å². The number of anilines is 1. The molecule has 3 nitrogen and oxygen atoms in total. The zero-order valence-corrected chi connectivity index (χ0v) is 13.8. The first-order valence-electron chi connectivity index (χ1n) is 7.17. The molecule has 24 heavy (non-hydrogen) atoms. The summed E-state index contributed by atoms with van der Waals surface area (Å²) in [6.07, 6.45) is -4.51. The number of urea groups is 1. The monoisotopic (exact) mass is 356 g/mol. The summed E-state index contributed by atoms with van der Waals surface area (Å²) in [4.78, 5) is 12.0. The molecule has 0 radical (unpaired) electrons. The smallest absolute Gasteiger partial charge is 0.331 e. The number of benzene rings is 2. The molecule has 0 saturated heterocycles. The van der Waals surface area contributed by atoms with Crippen molar-refractivity contribution in [2.24, 2.45) is 0 Å². The molecule has 0 heterocycles. The quantitative estimate of drug-likeness (QED) is 0.743. The van der Waals surface area contributed by atoms with Gasteiger partial charge in [-0.25, -0.2) is 4.79 Å². The third kappa shape index (κ3) is 4.64. The standard InChI is InChI=1S/C17H16ClF3N2O/c1-10-3-5-12(6-4-10)11(2)22-16(24)23-15-9-13(17(19,20)21)7-8-14(15)18/h3-9,11H,1-2H3,(H2,22,23,24). The van der Waals surface area contributed by atoms with E-state index in [1.807, 2.05) is 31.2 Å². The van der Waals surface area contributed by atoms with Gasteiger partial charge in [0.25, 0.3) is 0 Å². The molecule has 2 aromatic rings. The van der Waals surface area contributed by atoms with E-state index in [-0.39, 0.29) is 16.8 Å². The van der Waals surface area contributed by atoms with Gasteiger partial charge in [0.05, 0.1) is 22.3 Å². The van der Waals surface area contributed by atoms with E-state index in [0.717, 1.165) is 29.3 Å². The molecule has 1 unspecified atom stereocenters. The Bertz CT molecular complexity index is 730. The second-order valence-electron chi connectivity index (χ2n) is 5.42. The number of amides is 2. The topological polar surface area (TPSA) is 41.1 Å². The molecule has 0 fully saturated rings. The molecular formula is C17H16ClF3N2O. The van der Waals surface area contributed by atoms with E-state index in [0.29, 0.717) is 0 Å². The van der Waals surface area contributed by atoms with Crippen molar-refractivity contribution in [3.05, 3.63) is 64.2 Å². The van der Waals surface area contributed by atoms with E-state index in [2.05, 4.69) is 10.6 Å². The minimum absolute atomic E-state index is 0.0288. The Labute approximate surface area is 142 Å². The van der Waals surface area contributed by atoms with Gasteiger partial charge in [0.1, 0.15) is 0 Å². The predicted molar refractivity (Wildman–Crippen MR) is 88.2 cm³/mol. The SMILES string of the molecule is Cc1ccc(C(C)NC(=O)Nc2cc(C(F)(F)F)ccc2Cl)cc1. The lowest BCUT2D eigenvalue weighted by molar-refractivity contribution is -0.137. The summed E-state index contributed by atoms with van der Waals surface area (Å²) in [7, 11) is 0. The van der Waals surface area contributed by atoms with Gasteiger partial charge in [-0.1, -0.05) is 41.4 Å². The Morgan fingerprint density at radius 1 is 1.12 bits per heavy atom. The highest BCUT2D eigenvalue weighted by Crippen LogP contribution is 2.33. The van der Waals surface area contributed by atoms with E-state index in [9.17, 15) is 18.0 Å². The average Bonchev–Trinajstić information content (AvgIpc) is 2.48. The average molecular weight is 357 g/mol. The van der Waals surface area contributed by atoms with Gasteiger partial charge in [-0.3, -0.25) is 0 Å². The van der Waals surface area contributed by atoms with Crippen LogP contribution < -0.4 is 10.6 Å². The Morgan fingerprint density at radius 2 is 1.75 bits per heavy atom. The summed E-state index contributed by atoms with van der Waals surface area (Å²) in [6, 6.07) is 9.39. The van der Waals surface area contributed by atoms with Gasteiger partial charge >= 0.3 is 12.2 Å². The number of alkyl halides is 3. The van der Waals surface area contributed by atoms with Crippen molar-refractivity contribution in [2.45, 2.75) is 26.1 Å². The summed E-state index contributed by atoms with van der Waals surface area (Å²) in [5, 5.41) is 5.04. The van der Waals surface area contributed by atoms with Gasteiger partial charge in [-0.15, -0.1) is 0 Å². The van der Waals surface area contributed by atoms with Crippen LogP contribution in [0.15, 0.2) is 42.5 Å². The molecule has 2 amide bonds. The highest BCUT2D eigenvalue weighted by Gasteiger charge is 2.31. The van der Waals surface area contributed by atoms with Crippen LogP contribution in [0, 0.1) is 6.92 Å². The zero-order chi connectivity index (χ0) is 17.9. The van der Waals surface area contributed by atoms with Gasteiger partial charge in [0.15, 0.2) is 0 Å². The molecule has 2 aromatic carbocycles. The summed E-state index contributed by atoms with van der Waals surface area (Å²) < 4.78 is 38.2. The van der Waals surface area contributed by atoms with Crippen molar-refractivity contribution < 1.29 is 18.0 Å². The summed E-state index contributed by atoms with van der Waals surface area (Å²) in [5.41, 5.74) is 0.992. The van der Waals surface area contributed by atoms with Crippen LogP contribution in [0.4, 0.5) is 23.7 Å². The molecule has 128 valence electrons. The second kappa shape index (κ2) is 7.13. The Kier molecular flexibility index (Phi) is 5.39. The summed E-state index contributed by atoms with van der Waals surface area (Å²) in [6.45, 7) is 3.72. The number of hydrogen-bond acceptors (Lipinski definition) is 1. The third-order valence-electron chi connectivity index (χ3n) is 3.47. The third-order valence-corrected chi connectivity index (χ3v) is 3.80. The Hall–Kier alpha value is -2.21. The van der Waals surface area contributed by atoms with Gasteiger partial charge < -0.3 is 10.6 Å². The van der Waals surface area contributed by atoms with Crippen molar-refractivity contribution in [3.8, 4) is 0 Å². The normalized spacial score (nSPS) is 12.6. The lowest BCUT2D eigenvalue weighted by atomic mass is 10.1. The van der Waals surface area contributed by atoms with Gasteiger partial charge in [0.2, 0.25) is 0 Å². The fraction of sp³-hybridized carbons (Fsp3) is 0.235. The molecular weight excluding hydrogens is 341 g/mol. The van der Waals surface area contributed by atoms with E-state index in [1.165, 1.54) is 0 Å². The molecule has 0 aliphatic heterocycles. The zero-order valence-electron chi connectivity index (χ0n) is 13.0. The van der Waals surface area contributed by atoms with Crippen LogP contribution in [0.25, 0.3) is 0 Å². The second-order valence-corrected chi connectivity index (χ2v) is 5.83. The molecule has 0 bridgehead atoms. The molecule has 7 heteroatoms. The van der Waals surface area contributed by atoms with E-state index >= 15 is 0 Å².